The molecule has 0 saturated heterocycles. The van der Waals surface area contributed by atoms with E-state index in [0.717, 1.165) is 18.2 Å². The number of halogens is 1. The smallest absolute Gasteiger partial charge is 0.311 e. The number of carbonyl (C=O) groups excluding carboxylic acids is 1. The molecule has 0 heterocycles. The molecule has 1 aromatic carbocycles. The summed E-state index contributed by atoms with van der Waals surface area (Å²) >= 11 is 0. The molecule has 1 aromatic rings. The van der Waals surface area contributed by atoms with Gasteiger partial charge in [0.05, 0.1) is 17.6 Å². The van der Waals surface area contributed by atoms with Crippen LogP contribution in [0.15, 0.2) is 18.2 Å². The second-order valence-electron chi connectivity index (χ2n) is 4.78. The van der Waals surface area contributed by atoms with Crippen LogP contribution in [-0.4, -0.2) is 29.5 Å². The van der Waals surface area contributed by atoms with Gasteiger partial charge in [0.2, 0.25) is 5.91 Å². The van der Waals surface area contributed by atoms with E-state index in [0.29, 0.717) is 0 Å². The van der Waals surface area contributed by atoms with E-state index in [1.165, 1.54) is 0 Å². The molecule has 0 radical (unpaired) electrons. The molecular formula is C13H18FN3O4. The lowest BCUT2D eigenvalue weighted by Gasteiger charge is -2.18. The first-order chi connectivity index (χ1) is 9.81. The molecule has 3 N–H and O–H groups in total. The highest BCUT2D eigenvalue weighted by atomic mass is 19.1. The first-order valence-electron chi connectivity index (χ1n) is 6.43. The number of ether oxygens (including phenoxy) is 1. The van der Waals surface area contributed by atoms with Gasteiger partial charge in [0.25, 0.3) is 0 Å². The van der Waals surface area contributed by atoms with Crippen molar-refractivity contribution in [3.8, 4) is 5.75 Å². The molecule has 0 aromatic heterocycles. The number of carbonyl (C=O) groups is 1. The monoisotopic (exact) mass is 299 g/mol. The number of nitrogens with one attached hydrogen (secondary N) is 1. The van der Waals surface area contributed by atoms with Crippen molar-refractivity contribution in [3.05, 3.63) is 34.1 Å². The lowest BCUT2D eigenvalue weighted by Crippen LogP contribution is -2.45. The lowest BCUT2D eigenvalue weighted by molar-refractivity contribution is -0.385. The number of primary amides is 1. The molecule has 1 unspecified atom stereocenters. The van der Waals surface area contributed by atoms with Crippen LogP contribution in [0.5, 0.6) is 5.75 Å². The largest absolute Gasteiger partial charge is 0.487 e. The average molecular weight is 299 g/mol. The lowest BCUT2D eigenvalue weighted by atomic mass is 10.2. The standard InChI is InChI=1S/C13H18FN3O4/c1-8(2)16-10(13(15)18)5-6-21-12-7-9(14)3-4-11(12)17(19)20/h3-4,7-8,10,16H,5-6H2,1-2H3,(H2,15,18). The van der Waals surface area contributed by atoms with E-state index in [-0.39, 0.29) is 30.5 Å². The zero-order valence-electron chi connectivity index (χ0n) is 11.8. The number of nitro benzene ring substituents is 1. The minimum Gasteiger partial charge on any atom is -0.487 e. The van der Waals surface area contributed by atoms with Gasteiger partial charge in [-0.1, -0.05) is 13.8 Å². The normalized spacial score (nSPS) is 12.2. The van der Waals surface area contributed by atoms with Gasteiger partial charge in [-0.3, -0.25) is 14.9 Å². The van der Waals surface area contributed by atoms with Crippen LogP contribution in [0.4, 0.5) is 10.1 Å². The highest BCUT2D eigenvalue weighted by molar-refractivity contribution is 5.79. The number of nitro groups is 1. The Morgan fingerprint density at radius 2 is 2.19 bits per heavy atom. The van der Waals surface area contributed by atoms with Crippen LogP contribution in [0.3, 0.4) is 0 Å². The zero-order chi connectivity index (χ0) is 16.0. The Balaban J connectivity index is 2.68. The third-order valence-corrected chi connectivity index (χ3v) is 2.66. The van der Waals surface area contributed by atoms with Crippen molar-refractivity contribution < 1.29 is 18.8 Å². The van der Waals surface area contributed by atoms with Gasteiger partial charge in [-0.05, 0) is 6.07 Å². The Bertz CT molecular complexity index is 522. The summed E-state index contributed by atoms with van der Waals surface area (Å²) in [5, 5.41) is 13.8. The van der Waals surface area contributed by atoms with Crippen molar-refractivity contribution in [2.45, 2.75) is 32.4 Å². The van der Waals surface area contributed by atoms with Gasteiger partial charge < -0.3 is 15.8 Å². The van der Waals surface area contributed by atoms with E-state index in [2.05, 4.69) is 5.32 Å². The van der Waals surface area contributed by atoms with E-state index in [1.54, 1.807) is 0 Å². The van der Waals surface area contributed by atoms with Crippen LogP contribution in [0.1, 0.15) is 20.3 Å². The van der Waals surface area contributed by atoms with Gasteiger partial charge in [0.15, 0.2) is 5.75 Å². The number of benzene rings is 1. The molecule has 0 bridgehead atoms. The second-order valence-corrected chi connectivity index (χ2v) is 4.78. The molecule has 1 rings (SSSR count). The maximum atomic E-state index is 13.1. The minimum absolute atomic E-state index is 0.00236. The van der Waals surface area contributed by atoms with Crippen LogP contribution in [-0.2, 0) is 4.79 Å². The van der Waals surface area contributed by atoms with Crippen molar-refractivity contribution in [2.75, 3.05) is 6.61 Å². The van der Waals surface area contributed by atoms with Gasteiger partial charge in [0.1, 0.15) is 5.82 Å². The maximum absolute atomic E-state index is 13.1. The third-order valence-electron chi connectivity index (χ3n) is 2.66. The number of amides is 1. The number of rotatable bonds is 8. The molecule has 0 aliphatic carbocycles. The molecule has 0 saturated carbocycles. The van der Waals surface area contributed by atoms with Gasteiger partial charge in [-0.2, -0.15) is 0 Å². The Kier molecular flexibility index (Phi) is 6.04. The average Bonchev–Trinajstić information content (AvgIpc) is 2.36. The number of hydrogen-bond donors (Lipinski definition) is 2. The fourth-order valence-corrected chi connectivity index (χ4v) is 1.75. The van der Waals surface area contributed by atoms with Crippen LogP contribution < -0.4 is 15.8 Å². The van der Waals surface area contributed by atoms with Crippen LogP contribution in [0, 0.1) is 15.9 Å². The van der Waals surface area contributed by atoms with Crippen molar-refractivity contribution in [3.63, 3.8) is 0 Å². The Morgan fingerprint density at radius 3 is 2.71 bits per heavy atom. The summed E-state index contributed by atoms with van der Waals surface area (Å²) in [5.74, 6) is -1.35. The first kappa shape index (κ1) is 16.8. The van der Waals surface area contributed by atoms with Gasteiger partial charge in [0, 0.05) is 24.6 Å². The van der Waals surface area contributed by atoms with E-state index in [9.17, 15) is 19.3 Å². The molecule has 1 atom stereocenters. The Hall–Kier alpha value is -2.22. The summed E-state index contributed by atoms with van der Waals surface area (Å²) in [7, 11) is 0. The fourth-order valence-electron chi connectivity index (χ4n) is 1.75. The number of nitrogens with zero attached hydrogens (tertiary/aromatic N) is 1. The molecule has 0 spiro atoms. The molecule has 116 valence electrons. The van der Waals surface area contributed by atoms with E-state index in [4.69, 9.17) is 10.5 Å². The molecule has 0 aliphatic rings. The van der Waals surface area contributed by atoms with Gasteiger partial charge >= 0.3 is 5.69 Å². The van der Waals surface area contributed by atoms with Crippen molar-refractivity contribution in [1.82, 2.24) is 5.32 Å². The molecule has 21 heavy (non-hydrogen) atoms. The van der Waals surface area contributed by atoms with Crippen LogP contribution in [0.25, 0.3) is 0 Å². The summed E-state index contributed by atoms with van der Waals surface area (Å²) in [6, 6.07) is 2.39. The predicted octanol–water partition coefficient (Wildman–Crippen LogP) is 1.35. The van der Waals surface area contributed by atoms with Gasteiger partial charge in [-0.15, -0.1) is 0 Å². The summed E-state index contributed by atoms with van der Waals surface area (Å²) in [6.07, 6.45) is 0.223. The summed E-state index contributed by atoms with van der Waals surface area (Å²) in [6.45, 7) is 3.71. The highest BCUT2D eigenvalue weighted by Gasteiger charge is 2.19. The van der Waals surface area contributed by atoms with Crippen molar-refractivity contribution in [1.29, 1.82) is 0 Å². The molecule has 8 heteroatoms. The second kappa shape index (κ2) is 7.53. The minimum atomic E-state index is -0.660. The maximum Gasteiger partial charge on any atom is 0.311 e. The molecule has 1 amide bonds. The van der Waals surface area contributed by atoms with E-state index in [1.807, 2.05) is 13.8 Å². The topological polar surface area (TPSA) is 107 Å². The molecule has 0 aliphatic heterocycles. The highest BCUT2D eigenvalue weighted by Crippen LogP contribution is 2.27. The van der Waals surface area contributed by atoms with Crippen LogP contribution in [0.2, 0.25) is 0 Å². The Labute approximate surface area is 121 Å². The van der Waals surface area contributed by atoms with Gasteiger partial charge in [-0.25, -0.2) is 4.39 Å². The van der Waals surface area contributed by atoms with E-state index >= 15 is 0 Å². The molecule has 0 fully saturated rings. The number of hydrogen-bond acceptors (Lipinski definition) is 5. The summed E-state index contributed by atoms with van der Waals surface area (Å²) in [5.41, 5.74) is 4.91. The Morgan fingerprint density at radius 1 is 1.52 bits per heavy atom. The third kappa shape index (κ3) is 5.35. The summed E-state index contributed by atoms with van der Waals surface area (Å²) in [4.78, 5) is 21.4. The first-order valence-corrected chi connectivity index (χ1v) is 6.43. The van der Waals surface area contributed by atoms with Crippen LogP contribution >= 0.6 is 0 Å². The van der Waals surface area contributed by atoms with Crippen molar-refractivity contribution in [2.24, 2.45) is 5.73 Å². The quantitative estimate of drug-likeness (QED) is 0.556. The fraction of sp³-hybridized carbons (Fsp3) is 0.462. The number of nitrogens with two attached hydrogens (primary N) is 1. The zero-order valence-corrected chi connectivity index (χ0v) is 11.8. The molecular weight excluding hydrogens is 281 g/mol. The van der Waals surface area contributed by atoms with E-state index < -0.39 is 22.7 Å². The predicted molar refractivity (Wildman–Crippen MR) is 74.4 cm³/mol. The summed E-state index contributed by atoms with van der Waals surface area (Å²) < 4.78 is 18.3. The SMILES string of the molecule is CC(C)NC(CCOc1cc(F)ccc1[N+](=O)[O-])C(N)=O. The van der Waals surface area contributed by atoms with Crippen molar-refractivity contribution >= 4 is 11.6 Å². The molecule has 7 nitrogen and oxygen atoms in total.